The minimum Gasteiger partial charge on any atom is -0.339 e. The molecule has 2 amide bonds. The van der Waals surface area contributed by atoms with Gasteiger partial charge in [0.25, 0.3) is 5.91 Å². The summed E-state index contributed by atoms with van der Waals surface area (Å²) in [5.41, 5.74) is -0.657. The molecule has 0 aliphatic carbocycles. The fraction of sp³-hybridized carbons (Fsp3) is 0.250. The molecule has 0 saturated carbocycles. The number of carbonyl (C=O) groups excluding carboxylic acids is 2. The number of halogens is 1. The first kappa shape index (κ1) is 18.5. The quantitative estimate of drug-likeness (QED) is 0.606. The highest BCUT2D eigenvalue weighted by Gasteiger charge is 2.26. The number of rotatable bonds is 6. The van der Waals surface area contributed by atoms with Gasteiger partial charge in [0.05, 0.1) is 9.80 Å². The summed E-state index contributed by atoms with van der Waals surface area (Å²) < 4.78 is 13.4. The van der Waals surface area contributed by atoms with Gasteiger partial charge in [0, 0.05) is 11.8 Å². The molecule has 0 saturated heterocycles. The number of nitro groups is 1. The summed E-state index contributed by atoms with van der Waals surface area (Å²) in [5, 5.41) is 17.6. The number of amides is 2. The second-order valence-electron chi connectivity index (χ2n) is 5.59. The van der Waals surface area contributed by atoms with Gasteiger partial charge in [0.1, 0.15) is 6.04 Å². The SMILES string of the molecule is CC(C)[C@H](NC(=O)c1cccs1)C(=O)Nc1ccc(F)c([N+](=O)[O-])c1. The summed E-state index contributed by atoms with van der Waals surface area (Å²) in [6.07, 6.45) is 0. The molecule has 1 aromatic carbocycles. The van der Waals surface area contributed by atoms with Gasteiger partial charge in [0.2, 0.25) is 11.7 Å². The van der Waals surface area contributed by atoms with Crippen LogP contribution in [-0.2, 0) is 4.79 Å². The van der Waals surface area contributed by atoms with Crippen LogP contribution in [-0.4, -0.2) is 22.8 Å². The molecule has 25 heavy (non-hydrogen) atoms. The van der Waals surface area contributed by atoms with Gasteiger partial charge in [-0.25, -0.2) is 0 Å². The maximum atomic E-state index is 13.4. The fourth-order valence-corrected chi connectivity index (χ4v) is 2.73. The van der Waals surface area contributed by atoms with Crippen molar-refractivity contribution in [3.8, 4) is 0 Å². The Bertz CT molecular complexity index is 793. The van der Waals surface area contributed by atoms with E-state index in [2.05, 4.69) is 10.6 Å². The number of benzene rings is 1. The van der Waals surface area contributed by atoms with E-state index in [1.54, 1.807) is 31.4 Å². The number of nitrogens with one attached hydrogen (secondary N) is 2. The summed E-state index contributed by atoms with van der Waals surface area (Å²) >= 11 is 1.25. The first-order chi connectivity index (χ1) is 11.8. The highest BCUT2D eigenvalue weighted by atomic mass is 32.1. The van der Waals surface area contributed by atoms with Crippen molar-refractivity contribution in [2.24, 2.45) is 5.92 Å². The number of nitrogens with zero attached hydrogens (tertiary/aromatic N) is 1. The van der Waals surface area contributed by atoms with E-state index in [4.69, 9.17) is 0 Å². The third-order valence-corrected chi connectivity index (χ3v) is 4.26. The van der Waals surface area contributed by atoms with Crippen molar-refractivity contribution in [1.29, 1.82) is 0 Å². The summed E-state index contributed by atoms with van der Waals surface area (Å²) in [4.78, 5) is 35.0. The van der Waals surface area contributed by atoms with Gasteiger partial charge in [-0.1, -0.05) is 19.9 Å². The molecule has 2 rings (SSSR count). The molecular weight excluding hydrogens is 349 g/mol. The average molecular weight is 365 g/mol. The molecule has 2 N–H and O–H groups in total. The molecule has 1 heterocycles. The Labute approximate surface area is 147 Å². The molecule has 0 spiro atoms. The predicted molar refractivity (Wildman–Crippen MR) is 92.1 cm³/mol. The Balaban J connectivity index is 2.14. The lowest BCUT2D eigenvalue weighted by Crippen LogP contribution is -2.46. The van der Waals surface area contributed by atoms with Crippen LogP contribution in [0.3, 0.4) is 0 Å². The molecule has 7 nitrogen and oxygen atoms in total. The van der Waals surface area contributed by atoms with Gasteiger partial charge < -0.3 is 10.6 Å². The largest absolute Gasteiger partial charge is 0.339 e. The number of anilines is 1. The van der Waals surface area contributed by atoms with Crippen molar-refractivity contribution >= 4 is 34.5 Å². The van der Waals surface area contributed by atoms with Crippen LogP contribution in [0, 0.1) is 21.8 Å². The first-order valence-corrected chi connectivity index (χ1v) is 8.26. The van der Waals surface area contributed by atoms with Crippen LogP contribution in [0.2, 0.25) is 0 Å². The molecule has 9 heteroatoms. The lowest BCUT2D eigenvalue weighted by atomic mass is 10.0. The molecule has 0 radical (unpaired) electrons. The summed E-state index contributed by atoms with van der Waals surface area (Å²) in [6, 6.07) is 5.58. The molecule has 0 bridgehead atoms. The number of carbonyl (C=O) groups is 2. The minimum atomic E-state index is -0.991. The van der Waals surface area contributed by atoms with Crippen molar-refractivity contribution in [2.45, 2.75) is 19.9 Å². The van der Waals surface area contributed by atoms with Gasteiger partial charge in [-0.3, -0.25) is 19.7 Å². The molecule has 1 atom stereocenters. The molecule has 0 unspecified atom stereocenters. The second kappa shape index (κ2) is 7.84. The lowest BCUT2D eigenvalue weighted by Gasteiger charge is -2.21. The maximum Gasteiger partial charge on any atom is 0.306 e. The lowest BCUT2D eigenvalue weighted by molar-refractivity contribution is -0.387. The zero-order chi connectivity index (χ0) is 18.6. The number of hydrogen-bond donors (Lipinski definition) is 2. The highest BCUT2D eigenvalue weighted by molar-refractivity contribution is 7.12. The van der Waals surface area contributed by atoms with E-state index >= 15 is 0 Å². The van der Waals surface area contributed by atoms with Gasteiger partial charge in [-0.05, 0) is 29.5 Å². The predicted octanol–water partition coefficient (Wildman–Crippen LogP) is 3.19. The Morgan fingerprint density at radius 1 is 1.28 bits per heavy atom. The number of nitro benzene ring substituents is 1. The zero-order valence-electron chi connectivity index (χ0n) is 13.5. The van der Waals surface area contributed by atoms with Crippen molar-refractivity contribution in [2.75, 3.05) is 5.32 Å². The molecule has 0 aliphatic heterocycles. The van der Waals surface area contributed by atoms with Gasteiger partial charge in [-0.2, -0.15) is 4.39 Å². The highest BCUT2D eigenvalue weighted by Crippen LogP contribution is 2.22. The van der Waals surface area contributed by atoms with Crippen LogP contribution < -0.4 is 10.6 Å². The van der Waals surface area contributed by atoms with E-state index < -0.39 is 28.4 Å². The molecule has 1 aromatic heterocycles. The summed E-state index contributed by atoms with van der Waals surface area (Å²) in [6.45, 7) is 3.51. The van der Waals surface area contributed by atoms with Crippen LogP contribution in [0.5, 0.6) is 0 Å². The third-order valence-electron chi connectivity index (χ3n) is 3.39. The van der Waals surface area contributed by atoms with Crippen LogP contribution >= 0.6 is 11.3 Å². The second-order valence-corrected chi connectivity index (χ2v) is 6.53. The van der Waals surface area contributed by atoms with E-state index in [-0.39, 0.29) is 17.5 Å². The van der Waals surface area contributed by atoms with Crippen molar-refractivity contribution in [1.82, 2.24) is 5.32 Å². The van der Waals surface area contributed by atoms with Crippen molar-refractivity contribution in [3.63, 3.8) is 0 Å². The molecular formula is C16H16FN3O4S. The number of thiophene rings is 1. The van der Waals surface area contributed by atoms with Gasteiger partial charge in [0.15, 0.2) is 0 Å². The standard InChI is InChI=1S/C16H16FN3O4S/c1-9(2)14(19-15(21)13-4-3-7-25-13)16(22)18-10-5-6-11(17)12(8-10)20(23)24/h3-9,14H,1-2H3,(H,18,22)(H,19,21)/t14-/m0/s1. The maximum absolute atomic E-state index is 13.4. The Morgan fingerprint density at radius 2 is 2.00 bits per heavy atom. The topological polar surface area (TPSA) is 101 Å². The Morgan fingerprint density at radius 3 is 2.56 bits per heavy atom. The normalized spacial score (nSPS) is 11.8. The van der Waals surface area contributed by atoms with E-state index in [0.29, 0.717) is 4.88 Å². The van der Waals surface area contributed by atoms with Crippen LogP contribution in [0.15, 0.2) is 35.7 Å². The first-order valence-electron chi connectivity index (χ1n) is 7.38. The van der Waals surface area contributed by atoms with E-state index in [1.807, 2.05) is 0 Å². The molecule has 0 fully saturated rings. The Hall–Kier alpha value is -2.81. The van der Waals surface area contributed by atoms with Crippen molar-refractivity contribution in [3.05, 3.63) is 56.5 Å². The van der Waals surface area contributed by atoms with E-state index in [9.17, 15) is 24.1 Å². The van der Waals surface area contributed by atoms with Crippen molar-refractivity contribution < 1.29 is 18.9 Å². The third kappa shape index (κ3) is 4.60. The van der Waals surface area contributed by atoms with Gasteiger partial charge in [-0.15, -0.1) is 11.3 Å². The van der Waals surface area contributed by atoms with Crippen LogP contribution in [0.1, 0.15) is 23.5 Å². The van der Waals surface area contributed by atoms with E-state index in [0.717, 1.165) is 12.1 Å². The number of hydrogen-bond acceptors (Lipinski definition) is 5. The summed E-state index contributed by atoms with van der Waals surface area (Å²) in [5.74, 6) is -2.14. The average Bonchev–Trinajstić information content (AvgIpc) is 3.08. The van der Waals surface area contributed by atoms with E-state index in [1.165, 1.54) is 17.4 Å². The van der Waals surface area contributed by atoms with Crippen LogP contribution in [0.25, 0.3) is 0 Å². The molecule has 0 aliphatic rings. The van der Waals surface area contributed by atoms with Crippen LogP contribution in [0.4, 0.5) is 15.8 Å². The fourth-order valence-electron chi connectivity index (χ4n) is 2.11. The smallest absolute Gasteiger partial charge is 0.306 e. The minimum absolute atomic E-state index is 0.0779. The molecule has 132 valence electrons. The Kier molecular flexibility index (Phi) is 5.81. The molecule has 2 aromatic rings. The van der Waals surface area contributed by atoms with Gasteiger partial charge >= 0.3 is 5.69 Å². The summed E-state index contributed by atoms with van der Waals surface area (Å²) in [7, 11) is 0. The monoisotopic (exact) mass is 365 g/mol. The zero-order valence-corrected chi connectivity index (χ0v) is 14.3.